The van der Waals surface area contributed by atoms with Gasteiger partial charge in [-0.15, -0.1) is 0 Å². The summed E-state index contributed by atoms with van der Waals surface area (Å²) in [4.78, 5) is 0. The summed E-state index contributed by atoms with van der Waals surface area (Å²) in [5.74, 6) is 0. The Bertz CT molecular complexity index is 230. The lowest BCUT2D eigenvalue weighted by Crippen LogP contribution is -2.40. The molecule has 3 nitrogen and oxygen atoms in total. The van der Waals surface area contributed by atoms with Gasteiger partial charge in [0.2, 0.25) is 0 Å². The monoisotopic (exact) mass is 227 g/mol. The van der Waals surface area contributed by atoms with Gasteiger partial charge in [-0.3, -0.25) is 0 Å². The highest BCUT2D eigenvalue weighted by Crippen LogP contribution is 2.30. The van der Waals surface area contributed by atoms with E-state index in [0.717, 1.165) is 32.3 Å². The van der Waals surface area contributed by atoms with E-state index < -0.39 is 0 Å². The molecule has 2 N–H and O–H groups in total. The first-order valence-corrected chi connectivity index (χ1v) is 6.62. The minimum absolute atomic E-state index is 0.0444. The highest BCUT2D eigenvalue weighted by Gasteiger charge is 2.32. The molecule has 0 radical (unpaired) electrons. The lowest BCUT2D eigenvalue weighted by Gasteiger charge is -2.29. The van der Waals surface area contributed by atoms with Crippen molar-refractivity contribution in [2.75, 3.05) is 6.61 Å². The minimum Gasteiger partial charge on any atom is -0.374 e. The second-order valence-electron chi connectivity index (χ2n) is 5.86. The van der Waals surface area contributed by atoms with Gasteiger partial charge in [0.15, 0.2) is 0 Å². The molecule has 2 fully saturated rings. The van der Waals surface area contributed by atoms with Crippen molar-refractivity contribution < 1.29 is 9.47 Å². The van der Waals surface area contributed by atoms with Crippen molar-refractivity contribution in [3.05, 3.63) is 0 Å². The molecule has 0 aromatic carbocycles. The molecule has 0 spiro atoms. The van der Waals surface area contributed by atoms with Crippen LogP contribution in [-0.4, -0.2) is 30.5 Å². The molecular weight excluding hydrogens is 202 g/mol. The van der Waals surface area contributed by atoms with Gasteiger partial charge in [-0.25, -0.2) is 0 Å². The third-order valence-electron chi connectivity index (χ3n) is 3.80. The molecule has 0 aromatic heterocycles. The second-order valence-corrected chi connectivity index (χ2v) is 5.86. The Hall–Kier alpha value is -0.120. The van der Waals surface area contributed by atoms with Gasteiger partial charge in [-0.1, -0.05) is 12.8 Å². The zero-order valence-corrected chi connectivity index (χ0v) is 10.6. The summed E-state index contributed by atoms with van der Waals surface area (Å²) in [6.45, 7) is 5.03. The third kappa shape index (κ3) is 3.19. The first-order valence-electron chi connectivity index (χ1n) is 6.62. The van der Waals surface area contributed by atoms with Crippen LogP contribution in [0.1, 0.15) is 52.4 Å². The zero-order valence-electron chi connectivity index (χ0n) is 10.6. The number of ether oxygens (including phenoxy) is 2. The van der Waals surface area contributed by atoms with Crippen LogP contribution in [0.15, 0.2) is 0 Å². The van der Waals surface area contributed by atoms with Crippen molar-refractivity contribution in [1.82, 2.24) is 0 Å². The summed E-state index contributed by atoms with van der Waals surface area (Å²) >= 11 is 0. The van der Waals surface area contributed by atoms with Crippen LogP contribution in [0, 0.1) is 0 Å². The highest BCUT2D eigenvalue weighted by molar-refractivity contribution is 4.83. The van der Waals surface area contributed by atoms with Gasteiger partial charge in [-0.2, -0.15) is 0 Å². The van der Waals surface area contributed by atoms with Gasteiger partial charge in [-0.05, 0) is 39.5 Å². The molecule has 1 heterocycles. The number of rotatable bonds is 3. The van der Waals surface area contributed by atoms with Crippen molar-refractivity contribution in [2.24, 2.45) is 5.73 Å². The molecule has 2 aliphatic rings. The average molecular weight is 227 g/mol. The van der Waals surface area contributed by atoms with Crippen molar-refractivity contribution in [3.63, 3.8) is 0 Å². The van der Waals surface area contributed by atoms with Crippen LogP contribution in [0.4, 0.5) is 0 Å². The van der Waals surface area contributed by atoms with Crippen molar-refractivity contribution in [3.8, 4) is 0 Å². The van der Waals surface area contributed by atoms with Crippen LogP contribution in [0.25, 0.3) is 0 Å². The highest BCUT2D eigenvalue weighted by atomic mass is 16.6. The summed E-state index contributed by atoms with van der Waals surface area (Å²) in [5.41, 5.74) is 6.10. The predicted molar refractivity (Wildman–Crippen MR) is 64.4 cm³/mol. The maximum Gasteiger partial charge on any atom is 0.0817 e. The molecule has 3 heteroatoms. The Kier molecular flexibility index (Phi) is 3.88. The van der Waals surface area contributed by atoms with Gasteiger partial charge in [0, 0.05) is 6.04 Å². The summed E-state index contributed by atoms with van der Waals surface area (Å²) in [6, 6.07) is 0.239. The van der Waals surface area contributed by atoms with Crippen molar-refractivity contribution >= 4 is 0 Å². The Morgan fingerprint density at radius 2 is 2.00 bits per heavy atom. The zero-order chi connectivity index (χ0) is 11.6. The van der Waals surface area contributed by atoms with Crippen LogP contribution in [0.3, 0.4) is 0 Å². The Balaban J connectivity index is 1.71. The van der Waals surface area contributed by atoms with Gasteiger partial charge >= 0.3 is 0 Å². The summed E-state index contributed by atoms with van der Waals surface area (Å²) < 4.78 is 11.8. The SMILES string of the molecule is CC1(C)CCC(COC2CCCCC2N)O1. The molecule has 0 aromatic rings. The maximum absolute atomic E-state index is 6.05. The lowest BCUT2D eigenvalue weighted by atomic mass is 9.93. The van der Waals surface area contributed by atoms with Crippen LogP contribution in [0.2, 0.25) is 0 Å². The molecule has 16 heavy (non-hydrogen) atoms. The van der Waals surface area contributed by atoms with E-state index >= 15 is 0 Å². The Morgan fingerprint density at radius 3 is 2.62 bits per heavy atom. The van der Waals surface area contributed by atoms with E-state index in [1.165, 1.54) is 12.8 Å². The summed E-state index contributed by atoms with van der Waals surface area (Å²) in [6.07, 6.45) is 7.56. The molecule has 0 bridgehead atoms. The van der Waals surface area contributed by atoms with E-state index in [4.69, 9.17) is 15.2 Å². The third-order valence-corrected chi connectivity index (χ3v) is 3.80. The fourth-order valence-corrected chi connectivity index (χ4v) is 2.76. The van der Waals surface area contributed by atoms with E-state index in [2.05, 4.69) is 13.8 Å². The average Bonchev–Trinajstić information content (AvgIpc) is 2.57. The number of hydrogen-bond acceptors (Lipinski definition) is 3. The maximum atomic E-state index is 6.05. The summed E-state index contributed by atoms with van der Waals surface area (Å²) in [5, 5.41) is 0. The minimum atomic E-state index is 0.0444. The van der Waals surface area contributed by atoms with Crippen molar-refractivity contribution in [1.29, 1.82) is 0 Å². The van der Waals surface area contributed by atoms with E-state index in [1.807, 2.05) is 0 Å². The fraction of sp³-hybridized carbons (Fsp3) is 1.00. The van der Waals surface area contributed by atoms with Crippen LogP contribution < -0.4 is 5.73 Å². The topological polar surface area (TPSA) is 44.5 Å². The molecule has 1 saturated heterocycles. The predicted octanol–water partition coefficient (Wildman–Crippen LogP) is 2.23. The number of hydrogen-bond donors (Lipinski definition) is 1. The molecule has 1 saturated carbocycles. The smallest absolute Gasteiger partial charge is 0.0817 e. The molecule has 94 valence electrons. The van der Waals surface area contributed by atoms with Crippen LogP contribution >= 0.6 is 0 Å². The standard InChI is InChI=1S/C13H25NO2/c1-13(2)8-7-10(16-13)9-15-12-6-4-3-5-11(12)14/h10-12H,3-9,14H2,1-2H3. The molecule has 1 aliphatic heterocycles. The lowest BCUT2D eigenvalue weighted by molar-refractivity contribution is -0.0792. The molecule has 3 unspecified atom stereocenters. The quantitative estimate of drug-likeness (QED) is 0.804. The van der Waals surface area contributed by atoms with E-state index in [9.17, 15) is 0 Å². The van der Waals surface area contributed by atoms with Gasteiger partial charge in [0.05, 0.1) is 24.4 Å². The Morgan fingerprint density at radius 1 is 1.25 bits per heavy atom. The molecule has 2 rings (SSSR count). The largest absolute Gasteiger partial charge is 0.374 e. The van der Waals surface area contributed by atoms with Crippen molar-refractivity contribution in [2.45, 2.75) is 76.2 Å². The summed E-state index contributed by atoms with van der Waals surface area (Å²) in [7, 11) is 0. The molecular formula is C13H25NO2. The van der Waals surface area contributed by atoms with E-state index in [-0.39, 0.29) is 23.9 Å². The van der Waals surface area contributed by atoms with Crippen LogP contribution in [0.5, 0.6) is 0 Å². The Labute approximate surface area is 98.7 Å². The van der Waals surface area contributed by atoms with Crippen LogP contribution in [-0.2, 0) is 9.47 Å². The van der Waals surface area contributed by atoms with E-state index in [1.54, 1.807) is 0 Å². The molecule has 0 amide bonds. The molecule has 3 atom stereocenters. The van der Waals surface area contributed by atoms with Gasteiger partial charge in [0.25, 0.3) is 0 Å². The van der Waals surface area contributed by atoms with E-state index in [0.29, 0.717) is 0 Å². The normalized spacial score (nSPS) is 38.8. The first-order chi connectivity index (χ1) is 7.57. The number of nitrogens with two attached hydrogens (primary N) is 1. The molecule has 1 aliphatic carbocycles. The van der Waals surface area contributed by atoms with Gasteiger partial charge < -0.3 is 15.2 Å². The fourth-order valence-electron chi connectivity index (χ4n) is 2.76. The first kappa shape index (κ1) is 12.3. The second kappa shape index (κ2) is 5.03. The van der Waals surface area contributed by atoms with Gasteiger partial charge in [0.1, 0.15) is 0 Å².